The molecule has 0 aliphatic rings. The second kappa shape index (κ2) is 4.09. The number of aromatic nitrogens is 4. The Kier molecular flexibility index (Phi) is 2.62. The van der Waals surface area contributed by atoms with Crippen LogP contribution in [0, 0.1) is 11.3 Å². The minimum absolute atomic E-state index is 0.240. The van der Waals surface area contributed by atoms with Gasteiger partial charge in [-0.25, -0.2) is 9.78 Å². The maximum absolute atomic E-state index is 11.5. The highest BCUT2D eigenvalue weighted by molar-refractivity contribution is 5.71. The summed E-state index contributed by atoms with van der Waals surface area (Å²) in [6.45, 7) is 0. The Morgan fingerprint density at radius 1 is 1.47 bits per heavy atom. The Labute approximate surface area is 95.0 Å². The third-order valence-electron chi connectivity index (χ3n) is 2.26. The molecule has 7 heteroatoms. The van der Waals surface area contributed by atoms with Gasteiger partial charge in [-0.3, -0.25) is 14.3 Å². The van der Waals surface area contributed by atoms with Crippen molar-refractivity contribution < 1.29 is 0 Å². The second-order valence-corrected chi connectivity index (χ2v) is 3.40. The number of imidazole rings is 1. The predicted octanol–water partition coefficient (Wildman–Crippen LogP) is -0.123. The number of rotatable bonds is 2. The van der Waals surface area contributed by atoms with Crippen LogP contribution >= 0.6 is 0 Å². The Morgan fingerprint density at radius 3 is 2.94 bits per heavy atom. The van der Waals surface area contributed by atoms with Crippen molar-refractivity contribution in [1.82, 2.24) is 19.5 Å². The van der Waals surface area contributed by atoms with Gasteiger partial charge < -0.3 is 4.98 Å². The predicted molar refractivity (Wildman–Crippen MR) is 61.2 cm³/mol. The number of nitrogens with one attached hydrogen (secondary N) is 2. The first-order valence-electron chi connectivity index (χ1n) is 4.86. The van der Waals surface area contributed by atoms with Crippen LogP contribution in [0.1, 0.15) is 12.2 Å². The summed E-state index contributed by atoms with van der Waals surface area (Å²) in [4.78, 5) is 31.8. The molecule has 7 nitrogen and oxygen atoms in total. The second-order valence-electron chi connectivity index (χ2n) is 3.40. The molecular formula is C10H9N5O2. The SMILES string of the molecule is Cn1c(=O)[nH]c(=O)c2[nH]c(C=CCC#N)nc21. The van der Waals surface area contributed by atoms with Crippen LogP contribution in [0.5, 0.6) is 0 Å². The zero-order chi connectivity index (χ0) is 12.4. The number of hydrogen-bond donors (Lipinski definition) is 2. The molecule has 0 aliphatic heterocycles. The molecule has 17 heavy (non-hydrogen) atoms. The zero-order valence-corrected chi connectivity index (χ0v) is 9.02. The van der Waals surface area contributed by atoms with Crippen molar-refractivity contribution in [2.45, 2.75) is 6.42 Å². The van der Waals surface area contributed by atoms with Crippen molar-refractivity contribution in [1.29, 1.82) is 5.26 Å². The maximum Gasteiger partial charge on any atom is 0.329 e. The highest BCUT2D eigenvalue weighted by atomic mass is 16.2. The summed E-state index contributed by atoms with van der Waals surface area (Å²) in [5.74, 6) is 0.432. The summed E-state index contributed by atoms with van der Waals surface area (Å²) in [5.41, 5.74) is -0.490. The van der Waals surface area contributed by atoms with Crippen LogP contribution in [-0.2, 0) is 7.05 Å². The van der Waals surface area contributed by atoms with Gasteiger partial charge in [0, 0.05) is 7.05 Å². The highest BCUT2D eigenvalue weighted by Gasteiger charge is 2.08. The standard InChI is InChI=1S/C10H9N5O2/c1-15-8-7(9(16)14-10(15)17)12-6(13-8)4-2-3-5-11/h2,4H,3H2,1H3,(H,12,13)(H,14,16,17). The van der Waals surface area contributed by atoms with E-state index in [1.165, 1.54) is 11.6 Å². The lowest BCUT2D eigenvalue weighted by Crippen LogP contribution is -2.28. The van der Waals surface area contributed by atoms with E-state index in [1.807, 2.05) is 6.07 Å². The van der Waals surface area contributed by atoms with Crippen LogP contribution in [0.15, 0.2) is 15.7 Å². The van der Waals surface area contributed by atoms with Crippen molar-refractivity contribution >= 4 is 17.2 Å². The molecule has 0 unspecified atom stereocenters. The minimum atomic E-state index is -0.512. The lowest BCUT2D eigenvalue weighted by Gasteiger charge is -1.94. The largest absolute Gasteiger partial charge is 0.333 e. The Balaban J connectivity index is 2.63. The van der Waals surface area contributed by atoms with E-state index in [9.17, 15) is 9.59 Å². The van der Waals surface area contributed by atoms with Gasteiger partial charge in [-0.1, -0.05) is 6.08 Å². The summed E-state index contributed by atoms with van der Waals surface area (Å²) >= 11 is 0. The van der Waals surface area contributed by atoms with Crippen LogP contribution in [0.25, 0.3) is 17.2 Å². The van der Waals surface area contributed by atoms with Crippen molar-refractivity contribution in [3.63, 3.8) is 0 Å². The van der Waals surface area contributed by atoms with E-state index in [1.54, 1.807) is 12.2 Å². The summed E-state index contributed by atoms with van der Waals surface area (Å²) < 4.78 is 1.24. The van der Waals surface area contributed by atoms with Crippen molar-refractivity contribution in [2.24, 2.45) is 7.05 Å². The van der Waals surface area contributed by atoms with E-state index in [0.29, 0.717) is 5.82 Å². The van der Waals surface area contributed by atoms with Gasteiger partial charge in [0.25, 0.3) is 5.56 Å². The van der Waals surface area contributed by atoms with Crippen LogP contribution in [0.3, 0.4) is 0 Å². The lowest BCUT2D eigenvalue weighted by atomic mass is 10.4. The summed E-state index contributed by atoms with van der Waals surface area (Å²) in [5, 5.41) is 8.38. The Bertz CT molecular complexity index is 741. The van der Waals surface area contributed by atoms with Gasteiger partial charge in [0.1, 0.15) is 11.3 Å². The van der Waals surface area contributed by atoms with Crippen LogP contribution in [-0.4, -0.2) is 19.5 Å². The molecule has 86 valence electrons. The van der Waals surface area contributed by atoms with Crippen molar-refractivity contribution in [2.75, 3.05) is 0 Å². The van der Waals surface area contributed by atoms with Gasteiger partial charge in [0.2, 0.25) is 0 Å². The first kappa shape index (κ1) is 10.9. The molecule has 0 radical (unpaired) electrons. The molecule has 0 aromatic carbocycles. The number of allylic oxidation sites excluding steroid dienone is 1. The number of hydrogen-bond acceptors (Lipinski definition) is 4. The summed E-state index contributed by atoms with van der Waals surface area (Å²) in [7, 11) is 1.52. The molecule has 0 saturated carbocycles. The number of nitrogens with zero attached hydrogens (tertiary/aromatic N) is 3. The fourth-order valence-electron chi connectivity index (χ4n) is 1.42. The van der Waals surface area contributed by atoms with Gasteiger partial charge >= 0.3 is 5.69 Å². The third kappa shape index (κ3) is 1.88. The molecule has 2 N–H and O–H groups in total. The molecule has 0 amide bonds. The molecule has 2 heterocycles. The van der Waals surface area contributed by atoms with Gasteiger partial charge in [0.05, 0.1) is 12.5 Å². The first-order chi connectivity index (χ1) is 8.13. The van der Waals surface area contributed by atoms with E-state index in [-0.39, 0.29) is 17.6 Å². The Hall–Kier alpha value is -2.62. The molecule has 0 atom stereocenters. The van der Waals surface area contributed by atoms with E-state index in [2.05, 4.69) is 15.0 Å². The monoisotopic (exact) mass is 231 g/mol. The molecule has 0 fully saturated rings. The zero-order valence-electron chi connectivity index (χ0n) is 9.02. The van der Waals surface area contributed by atoms with E-state index >= 15 is 0 Å². The molecule has 0 saturated heterocycles. The average molecular weight is 231 g/mol. The Morgan fingerprint density at radius 2 is 2.24 bits per heavy atom. The average Bonchev–Trinajstić information content (AvgIpc) is 2.71. The number of nitriles is 1. The van der Waals surface area contributed by atoms with E-state index < -0.39 is 11.2 Å². The number of H-pyrrole nitrogens is 2. The lowest BCUT2D eigenvalue weighted by molar-refractivity contribution is 0.832. The topological polar surface area (TPSA) is 107 Å². The highest BCUT2D eigenvalue weighted by Crippen LogP contribution is 2.05. The molecule has 2 aromatic heterocycles. The molecule has 2 aromatic rings. The summed E-state index contributed by atoms with van der Waals surface area (Å²) in [6, 6.07) is 1.95. The maximum atomic E-state index is 11.5. The smallest absolute Gasteiger partial charge is 0.329 e. The summed E-state index contributed by atoms with van der Waals surface area (Å²) in [6.07, 6.45) is 3.46. The molecule has 0 aliphatic carbocycles. The molecular weight excluding hydrogens is 222 g/mol. The van der Waals surface area contributed by atoms with Gasteiger partial charge in [-0.15, -0.1) is 0 Å². The normalized spacial score (nSPS) is 11.1. The number of aryl methyl sites for hydroxylation is 1. The number of fused-ring (bicyclic) bond motifs is 1. The molecule has 2 rings (SSSR count). The fraction of sp³-hybridized carbons (Fsp3) is 0.200. The van der Waals surface area contributed by atoms with Gasteiger partial charge in [0.15, 0.2) is 5.65 Å². The number of aromatic amines is 2. The van der Waals surface area contributed by atoms with Crippen LogP contribution < -0.4 is 11.2 Å². The van der Waals surface area contributed by atoms with E-state index in [4.69, 9.17) is 5.26 Å². The molecule has 0 spiro atoms. The van der Waals surface area contributed by atoms with E-state index in [0.717, 1.165) is 0 Å². The van der Waals surface area contributed by atoms with Crippen LogP contribution in [0.4, 0.5) is 0 Å². The van der Waals surface area contributed by atoms with Crippen molar-refractivity contribution in [3.8, 4) is 6.07 Å². The quantitative estimate of drug-likeness (QED) is 0.750. The van der Waals surface area contributed by atoms with Gasteiger partial charge in [-0.05, 0) is 6.08 Å². The van der Waals surface area contributed by atoms with Crippen molar-refractivity contribution in [3.05, 3.63) is 32.7 Å². The minimum Gasteiger partial charge on any atom is -0.333 e. The fourth-order valence-corrected chi connectivity index (χ4v) is 1.42. The van der Waals surface area contributed by atoms with Crippen LogP contribution in [0.2, 0.25) is 0 Å². The molecule has 0 bridgehead atoms. The van der Waals surface area contributed by atoms with Gasteiger partial charge in [-0.2, -0.15) is 5.26 Å². The third-order valence-corrected chi connectivity index (χ3v) is 2.26. The first-order valence-corrected chi connectivity index (χ1v) is 4.86.